The molecule has 0 radical (unpaired) electrons. The molecule has 2 aromatic rings. The van der Waals surface area contributed by atoms with Gasteiger partial charge in [0.25, 0.3) is 11.8 Å². The number of rotatable bonds is 12. The Hall–Kier alpha value is -2.62. The lowest BCUT2D eigenvalue weighted by Crippen LogP contribution is -2.41. The summed E-state index contributed by atoms with van der Waals surface area (Å²) in [5, 5.41) is 0. The van der Waals surface area contributed by atoms with Gasteiger partial charge in [-0.2, -0.15) is 0 Å². The lowest BCUT2D eigenvalue weighted by atomic mass is 9.77. The second-order valence-electron chi connectivity index (χ2n) is 12.6. The van der Waals surface area contributed by atoms with Crippen molar-refractivity contribution in [2.75, 3.05) is 0 Å². The molecule has 0 aromatic heterocycles. The molecule has 0 heterocycles. The number of hydrazine groups is 1. The fraction of sp³-hybridized carbons (Fsp3) is 0.611. The lowest BCUT2D eigenvalue weighted by molar-refractivity contribution is 0.0846. The van der Waals surface area contributed by atoms with Crippen molar-refractivity contribution in [3.63, 3.8) is 0 Å². The minimum Gasteiger partial charge on any atom is -0.267 e. The quantitative estimate of drug-likeness (QED) is 0.206. The van der Waals surface area contributed by atoms with E-state index >= 15 is 0 Å². The third kappa shape index (κ3) is 8.94. The topological polar surface area (TPSA) is 58.2 Å². The number of unbranched alkanes of at least 4 members (excludes halogenated alkanes) is 4. The molecule has 40 heavy (non-hydrogen) atoms. The molecule has 2 aliphatic carbocycles. The van der Waals surface area contributed by atoms with Crippen LogP contribution in [-0.4, -0.2) is 11.8 Å². The molecule has 0 unspecified atom stereocenters. The first-order valence-electron chi connectivity index (χ1n) is 16.4. The van der Waals surface area contributed by atoms with Gasteiger partial charge >= 0.3 is 0 Å². The maximum atomic E-state index is 12.7. The van der Waals surface area contributed by atoms with E-state index in [9.17, 15) is 9.59 Å². The van der Waals surface area contributed by atoms with Crippen molar-refractivity contribution >= 4 is 11.8 Å². The fourth-order valence-corrected chi connectivity index (χ4v) is 7.01. The number of carbonyl (C=O) groups is 2. The van der Waals surface area contributed by atoms with Gasteiger partial charge in [0.15, 0.2) is 0 Å². The van der Waals surface area contributed by atoms with Crippen molar-refractivity contribution < 1.29 is 9.59 Å². The van der Waals surface area contributed by atoms with Crippen LogP contribution in [0.2, 0.25) is 0 Å². The Morgan fingerprint density at radius 3 is 1.23 bits per heavy atom. The highest BCUT2D eigenvalue weighted by Gasteiger charge is 2.23. The van der Waals surface area contributed by atoms with Gasteiger partial charge in [0.1, 0.15) is 0 Å². The predicted molar refractivity (Wildman–Crippen MR) is 165 cm³/mol. The van der Waals surface area contributed by atoms with Gasteiger partial charge in [-0.3, -0.25) is 20.4 Å². The van der Waals surface area contributed by atoms with Crippen LogP contribution >= 0.6 is 0 Å². The van der Waals surface area contributed by atoms with E-state index in [0.717, 1.165) is 11.8 Å². The molecule has 2 saturated carbocycles. The summed E-state index contributed by atoms with van der Waals surface area (Å²) in [5.41, 5.74) is 8.98. The molecule has 4 heteroatoms. The van der Waals surface area contributed by atoms with Crippen molar-refractivity contribution in [3.8, 4) is 0 Å². The minimum absolute atomic E-state index is 0.285. The first kappa shape index (κ1) is 30.3. The summed E-state index contributed by atoms with van der Waals surface area (Å²) in [4.78, 5) is 25.4. The van der Waals surface area contributed by atoms with E-state index < -0.39 is 0 Å². The van der Waals surface area contributed by atoms with Crippen LogP contribution in [0.5, 0.6) is 0 Å². The Bertz CT molecular complexity index is 944. The van der Waals surface area contributed by atoms with Crippen LogP contribution in [-0.2, 0) is 0 Å². The van der Waals surface area contributed by atoms with E-state index in [0.29, 0.717) is 23.0 Å². The van der Waals surface area contributed by atoms with Gasteiger partial charge in [-0.15, -0.1) is 0 Å². The maximum Gasteiger partial charge on any atom is 0.269 e. The second kappa shape index (κ2) is 16.0. The summed E-state index contributed by atoms with van der Waals surface area (Å²) < 4.78 is 0. The highest BCUT2D eigenvalue weighted by Crippen LogP contribution is 2.39. The molecule has 2 N–H and O–H groups in total. The monoisotopic (exact) mass is 544 g/mol. The van der Waals surface area contributed by atoms with Crippen LogP contribution in [0.3, 0.4) is 0 Å². The van der Waals surface area contributed by atoms with Gasteiger partial charge in [-0.25, -0.2) is 0 Å². The predicted octanol–water partition coefficient (Wildman–Crippen LogP) is 9.47. The van der Waals surface area contributed by atoms with Crippen molar-refractivity contribution in [2.45, 2.75) is 128 Å². The van der Waals surface area contributed by atoms with Crippen LogP contribution in [0.15, 0.2) is 48.5 Å². The van der Waals surface area contributed by atoms with Crippen molar-refractivity contribution in [1.29, 1.82) is 0 Å². The van der Waals surface area contributed by atoms with Gasteiger partial charge in [0.2, 0.25) is 0 Å². The number of benzene rings is 2. The summed E-state index contributed by atoms with van der Waals surface area (Å²) in [6.45, 7) is 4.54. The van der Waals surface area contributed by atoms with E-state index in [1.807, 2.05) is 24.3 Å². The largest absolute Gasteiger partial charge is 0.269 e. The van der Waals surface area contributed by atoms with Crippen molar-refractivity contribution in [1.82, 2.24) is 10.9 Å². The highest BCUT2D eigenvalue weighted by atomic mass is 16.2. The van der Waals surface area contributed by atoms with E-state index in [4.69, 9.17) is 0 Å². The van der Waals surface area contributed by atoms with Crippen molar-refractivity contribution in [2.24, 2.45) is 11.8 Å². The van der Waals surface area contributed by atoms with Gasteiger partial charge in [-0.1, -0.05) is 89.5 Å². The molecule has 0 spiro atoms. The highest BCUT2D eigenvalue weighted by molar-refractivity contribution is 5.99. The smallest absolute Gasteiger partial charge is 0.267 e. The Kier molecular flexibility index (Phi) is 12.1. The standard InChI is InChI=1S/C36H52N2O2/c1-3-5-7-9-27-11-15-29(16-12-27)31-19-23-33(24-20-31)35(39)37-38-36(40)34-25-21-32(22-26-34)30-17-13-28(14-18-30)10-8-6-4-2/h19-30H,3-18H2,1-2H3,(H,37,39)(H,38,40). The molecular formula is C36H52N2O2. The van der Waals surface area contributed by atoms with E-state index in [1.165, 1.54) is 114 Å². The third-order valence-corrected chi connectivity index (χ3v) is 9.70. The van der Waals surface area contributed by atoms with Crippen LogP contribution in [0.1, 0.15) is 160 Å². The Labute approximate surface area is 243 Å². The third-order valence-electron chi connectivity index (χ3n) is 9.70. The van der Waals surface area contributed by atoms with Crippen molar-refractivity contribution in [3.05, 3.63) is 70.8 Å². The van der Waals surface area contributed by atoms with Gasteiger partial charge in [-0.05, 0) is 110 Å². The molecule has 0 saturated heterocycles. The Morgan fingerprint density at radius 1 is 0.550 bits per heavy atom. The molecule has 2 aromatic carbocycles. The SMILES string of the molecule is CCCCCC1CCC(c2ccc(C(=O)NNC(=O)c3ccc(C4CCC(CCCCC)CC4)cc3)cc2)CC1. The normalized spacial score (nSPS) is 22.9. The lowest BCUT2D eigenvalue weighted by Gasteiger charge is -2.29. The summed E-state index contributed by atoms with van der Waals surface area (Å²) >= 11 is 0. The number of hydrogen-bond donors (Lipinski definition) is 2. The molecule has 0 bridgehead atoms. The summed E-state index contributed by atoms with van der Waals surface area (Å²) in [5.74, 6) is 2.42. The average molecular weight is 545 g/mol. The van der Waals surface area contributed by atoms with Gasteiger partial charge in [0.05, 0.1) is 0 Å². The number of carbonyl (C=O) groups excluding carboxylic acids is 2. The summed E-state index contributed by atoms with van der Waals surface area (Å²) in [6, 6.07) is 15.9. The fourth-order valence-electron chi connectivity index (χ4n) is 7.01. The second-order valence-corrected chi connectivity index (χ2v) is 12.6. The molecule has 0 aliphatic heterocycles. The zero-order valence-electron chi connectivity index (χ0n) is 25.1. The zero-order valence-corrected chi connectivity index (χ0v) is 25.1. The zero-order chi connectivity index (χ0) is 28.2. The molecular weight excluding hydrogens is 492 g/mol. The van der Waals surface area contributed by atoms with E-state index in [2.05, 4.69) is 49.0 Å². The Morgan fingerprint density at radius 2 is 0.900 bits per heavy atom. The minimum atomic E-state index is -0.285. The van der Waals surface area contributed by atoms with Crippen LogP contribution in [0.25, 0.3) is 0 Å². The number of nitrogens with one attached hydrogen (secondary N) is 2. The first-order valence-corrected chi connectivity index (χ1v) is 16.4. The molecule has 0 atom stereocenters. The molecule has 4 nitrogen and oxygen atoms in total. The van der Waals surface area contributed by atoms with Crippen LogP contribution < -0.4 is 10.9 Å². The molecule has 2 fully saturated rings. The van der Waals surface area contributed by atoms with Crippen LogP contribution in [0.4, 0.5) is 0 Å². The van der Waals surface area contributed by atoms with Gasteiger partial charge < -0.3 is 0 Å². The van der Waals surface area contributed by atoms with E-state index in [-0.39, 0.29) is 11.8 Å². The van der Waals surface area contributed by atoms with E-state index in [1.54, 1.807) is 0 Å². The van der Waals surface area contributed by atoms with Crippen LogP contribution in [0, 0.1) is 11.8 Å². The molecule has 2 amide bonds. The summed E-state index contributed by atoms with van der Waals surface area (Å²) in [6.07, 6.45) is 21.1. The maximum absolute atomic E-state index is 12.7. The number of hydrogen-bond acceptors (Lipinski definition) is 2. The Balaban J connectivity index is 1.18. The number of amides is 2. The summed E-state index contributed by atoms with van der Waals surface area (Å²) in [7, 11) is 0. The average Bonchev–Trinajstić information content (AvgIpc) is 3.01. The molecule has 2 aliphatic rings. The first-order chi connectivity index (χ1) is 19.6. The molecule has 218 valence electrons. The molecule has 4 rings (SSSR count). The van der Waals surface area contributed by atoms with Gasteiger partial charge in [0, 0.05) is 11.1 Å².